The van der Waals surface area contributed by atoms with E-state index in [-0.39, 0.29) is 12.0 Å². The third-order valence-corrected chi connectivity index (χ3v) is 4.27. The van der Waals surface area contributed by atoms with Crippen LogP contribution >= 0.6 is 0 Å². The van der Waals surface area contributed by atoms with E-state index in [0.29, 0.717) is 18.0 Å². The van der Waals surface area contributed by atoms with E-state index in [1.54, 1.807) is 0 Å². The van der Waals surface area contributed by atoms with Crippen LogP contribution in [0.25, 0.3) is 0 Å². The number of nitrogens with zero attached hydrogens (tertiary/aromatic N) is 1. The van der Waals surface area contributed by atoms with Crippen LogP contribution in [0, 0.1) is 5.92 Å². The first-order valence-electron chi connectivity index (χ1n) is 6.67. The molecule has 0 bridgehead atoms. The molecule has 0 aromatic carbocycles. The Morgan fingerprint density at radius 3 is 2.25 bits per heavy atom. The van der Waals surface area contributed by atoms with Crippen LogP contribution in [-0.2, 0) is 4.79 Å². The van der Waals surface area contributed by atoms with E-state index in [1.807, 2.05) is 0 Å². The summed E-state index contributed by atoms with van der Waals surface area (Å²) in [5.41, 5.74) is 5.89. The lowest BCUT2D eigenvalue weighted by Crippen LogP contribution is -2.49. The van der Waals surface area contributed by atoms with Crippen LogP contribution in [0.4, 0.5) is 0 Å². The molecule has 1 aliphatic carbocycles. The molecule has 0 radical (unpaired) electrons. The lowest BCUT2D eigenvalue weighted by molar-refractivity contribution is -0.141. The average Bonchev–Trinajstić information content (AvgIpc) is 2.64. The number of amides is 1. The van der Waals surface area contributed by atoms with Gasteiger partial charge in [-0.05, 0) is 52.4 Å². The number of nitrogens with two attached hydrogens (primary N) is 1. The molecule has 1 amide bonds. The molecule has 1 heterocycles. The van der Waals surface area contributed by atoms with Gasteiger partial charge in [0.05, 0.1) is 0 Å². The van der Waals surface area contributed by atoms with E-state index in [0.717, 1.165) is 32.1 Å². The zero-order valence-corrected chi connectivity index (χ0v) is 10.5. The molecular weight excluding hydrogens is 200 g/mol. The Labute approximate surface area is 98.4 Å². The monoisotopic (exact) mass is 224 g/mol. The summed E-state index contributed by atoms with van der Waals surface area (Å²) in [6, 6.07) is 1.10. The molecule has 2 rings (SSSR count). The van der Waals surface area contributed by atoms with Gasteiger partial charge in [0.15, 0.2) is 0 Å². The molecule has 1 saturated heterocycles. The van der Waals surface area contributed by atoms with E-state index < -0.39 is 0 Å². The number of likely N-dealkylation sites (tertiary alicyclic amines) is 1. The lowest BCUT2D eigenvalue weighted by Gasteiger charge is -2.40. The Hall–Kier alpha value is -0.570. The quantitative estimate of drug-likeness (QED) is 0.739. The van der Waals surface area contributed by atoms with Crippen molar-refractivity contribution >= 4 is 5.91 Å². The van der Waals surface area contributed by atoms with Crippen molar-refractivity contribution in [1.29, 1.82) is 0 Å². The van der Waals surface area contributed by atoms with E-state index in [1.165, 1.54) is 6.42 Å². The Morgan fingerprint density at radius 2 is 1.75 bits per heavy atom. The van der Waals surface area contributed by atoms with E-state index in [2.05, 4.69) is 18.7 Å². The van der Waals surface area contributed by atoms with Crippen molar-refractivity contribution in [2.24, 2.45) is 11.7 Å². The molecule has 1 saturated carbocycles. The number of carbonyl (C=O) groups is 1. The summed E-state index contributed by atoms with van der Waals surface area (Å²) >= 11 is 0. The molecule has 0 aromatic heterocycles. The molecule has 2 aliphatic rings. The fourth-order valence-corrected chi connectivity index (χ4v) is 3.31. The van der Waals surface area contributed by atoms with Gasteiger partial charge < -0.3 is 10.6 Å². The maximum atomic E-state index is 12.4. The van der Waals surface area contributed by atoms with Crippen molar-refractivity contribution in [2.45, 2.75) is 70.5 Å². The molecule has 0 aromatic rings. The highest BCUT2D eigenvalue weighted by Gasteiger charge is 2.36. The van der Waals surface area contributed by atoms with Crippen LogP contribution in [0.2, 0.25) is 0 Å². The molecule has 3 heteroatoms. The third-order valence-electron chi connectivity index (χ3n) is 4.27. The minimum absolute atomic E-state index is 0.206. The maximum Gasteiger partial charge on any atom is 0.226 e. The van der Waals surface area contributed by atoms with E-state index >= 15 is 0 Å². The first kappa shape index (κ1) is 11.9. The highest BCUT2D eigenvalue weighted by molar-refractivity contribution is 5.80. The maximum absolute atomic E-state index is 12.4. The molecule has 4 atom stereocenters. The number of hydrogen-bond acceptors (Lipinski definition) is 2. The molecule has 2 fully saturated rings. The number of rotatable bonds is 1. The zero-order chi connectivity index (χ0) is 11.7. The molecule has 2 N–H and O–H groups in total. The minimum atomic E-state index is 0.206. The summed E-state index contributed by atoms with van der Waals surface area (Å²) in [5, 5.41) is 0. The van der Waals surface area contributed by atoms with Gasteiger partial charge in [-0.3, -0.25) is 4.79 Å². The van der Waals surface area contributed by atoms with Crippen LogP contribution in [0.3, 0.4) is 0 Å². The van der Waals surface area contributed by atoms with Crippen molar-refractivity contribution in [1.82, 2.24) is 4.90 Å². The van der Waals surface area contributed by atoms with Crippen molar-refractivity contribution < 1.29 is 4.79 Å². The van der Waals surface area contributed by atoms with Crippen molar-refractivity contribution in [3.05, 3.63) is 0 Å². The Bertz CT molecular complexity index is 257. The van der Waals surface area contributed by atoms with Crippen LogP contribution in [0.5, 0.6) is 0 Å². The van der Waals surface area contributed by atoms with E-state index in [4.69, 9.17) is 5.73 Å². The molecule has 0 spiro atoms. The normalized spacial score (nSPS) is 40.1. The minimum Gasteiger partial charge on any atom is -0.337 e. The molecule has 1 aliphatic heterocycles. The summed E-state index contributed by atoms with van der Waals surface area (Å²) < 4.78 is 0. The second-order valence-electron chi connectivity index (χ2n) is 5.64. The van der Waals surface area contributed by atoms with Gasteiger partial charge in [0.1, 0.15) is 0 Å². The number of carbonyl (C=O) groups excluding carboxylic acids is 1. The summed E-state index contributed by atoms with van der Waals surface area (Å²) in [4.78, 5) is 14.6. The average molecular weight is 224 g/mol. The predicted octanol–water partition coefficient (Wildman–Crippen LogP) is 1.90. The fourth-order valence-electron chi connectivity index (χ4n) is 3.31. The molecule has 16 heavy (non-hydrogen) atoms. The third kappa shape index (κ3) is 2.24. The highest BCUT2D eigenvalue weighted by Crippen LogP contribution is 2.30. The summed E-state index contributed by atoms with van der Waals surface area (Å²) in [5.74, 6) is 0.575. The van der Waals surface area contributed by atoms with Crippen molar-refractivity contribution in [3.8, 4) is 0 Å². The van der Waals surface area contributed by atoms with Crippen molar-refractivity contribution in [3.63, 3.8) is 0 Å². The Kier molecular flexibility index (Phi) is 3.53. The van der Waals surface area contributed by atoms with Gasteiger partial charge >= 0.3 is 0 Å². The van der Waals surface area contributed by atoms with Gasteiger partial charge in [-0.25, -0.2) is 0 Å². The first-order valence-corrected chi connectivity index (χ1v) is 6.67. The molecule has 2 unspecified atom stereocenters. The standard InChI is InChI=1S/C13H24N2O/c1-9-4-3-5-10(2)15(9)13(16)11-6-7-12(14)8-11/h9-12H,3-8,14H2,1-2H3/t9-,10+,11?,12?. The second kappa shape index (κ2) is 4.74. The predicted molar refractivity (Wildman–Crippen MR) is 64.9 cm³/mol. The molecule has 92 valence electrons. The van der Waals surface area contributed by atoms with Crippen molar-refractivity contribution in [2.75, 3.05) is 0 Å². The van der Waals surface area contributed by atoms with Gasteiger partial charge in [0.25, 0.3) is 0 Å². The summed E-state index contributed by atoms with van der Waals surface area (Å²) in [6.07, 6.45) is 6.50. The highest BCUT2D eigenvalue weighted by atomic mass is 16.2. The number of piperidine rings is 1. The van der Waals surface area contributed by atoms with Crippen LogP contribution in [0.15, 0.2) is 0 Å². The van der Waals surface area contributed by atoms with Gasteiger partial charge in [0.2, 0.25) is 5.91 Å². The molecular formula is C13H24N2O. The smallest absolute Gasteiger partial charge is 0.226 e. The van der Waals surface area contributed by atoms with Gasteiger partial charge in [-0.2, -0.15) is 0 Å². The first-order chi connectivity index (χ1) is 7.59. The number of hydrogen-bond donors (Lipinski definition) is 1. The summed E-state index contributed by atoms with van der Waals surface area (Å²) in [7, 11) is 0. The SMILES string of the molecule is C[C@@H]1CCC[C@H](C)N1C(=O)C1CCC(N)C1. The molecule has 3 nitrogen and oxygen atoms in total. The van der Waals surface area contributed by atoms with Crippen LogP contribution < -0.4 is 5.73 Å². The topological polar surface area (TPSA) is 46.3 Å². The van der Waals surface area contributed by atoms with E-state index in [9.17, 15) is 4.79 Å². The van der Waals surface area contributed by atoms with Gasteiger partial charge in [-0.1, -0.05) is 0 Å². The largest absolute Gasteiger partial charge is 0.337 e. The van der Waals surface area contributed by atoms with Crippen LogP contribution in [-0.4, -0.2) is 28.9 Å². The second-order valence-corrected chi connectivity index (χ2v) is 5.64. The van der Waals surface area contributed by atoms with Gasteiger partial charge in [0, 0.05) is 24.0 Å². The Balaban J connectivity index is 2.02. The fraction of sp³-hybridized carbons (Fsp3) is 0.923. The summed E-state index contributed by atoms with van der Waals surface area (Å²) in [6.45, 7) is 4.37. The Morgan fingerprint density at radius 1 is 1.12 bits per heavy atom. The van der Waals surface area contributed by atoms with Gasteiger partial charge in [-0.15, -0.1) is 0 Å². The lowest BCUT2D eigenvalue weighted by atomic mass is 9.94. The van der Waals surface area contributed by atoms with Crippen LogP contribution in [0.1, 0.15) is 52.4 Å². The zero-order valence-electron chi connectivity index (χ0n) is 10.5.